The van der Waals surface area contributed by atoms with Crippen molar-refractivity contribution in [3.8, 4) is 52.0 Å². The molecule has 3 fully saturated rings. The highest BCUT2D eigenvalue weighted by atomic mass is 28.3. The zero-order valence-corrected chi connectivity index (χ0v) is 64.3. The Morgan fingerprint density at radius 1 is 0.554 bits per heavy atom. The van der Waals surface area contributed by atoms with E-state index in [2.05, 4.69) is 121 Å². The monoisotopic (exact) mass is 1430 g/mol. The number of hydrogen-bond acceptors (Lipinski definition) is 19. The van der Waals surface area contributed by atoms with Gasteiger partial charge in [-0.3, -0.25) is 14.5 Å². The molecule has 101 heavy (non-hydrogen) atoms. The third-order valence-electron chi connectivity index (χ3n) is 17.2. The van der Waals surface area contributed by atoms with E-state index in [9.17, 15) is 20.1 Å². The van der Waals surface area contributed by atoms with Crippen LogP contribution in [0.5, 0.6) is 0 Å². The minimum atomic E-state index is -1.14. The minimum Gasteiger partial charge on any atom is -0.444 e. The van der Waals surface area contributed by atoms with Gasteiger partial charge in [0.25, 0.3) is 0 Å². The van der Waals surface area contributed by atoms with Crippen LogP contribution in [0.2, 0.25) is 77.1 Å². The molecule has 9 aromatic heterocycles. The Morgan fingerprint density at radius 2 is 0.950 bits per heavy atom. The second-order valence-corrected chi connectivity index (χ2v) is 48.6. The first-order valence-electron chi connectivity index (χ1n) is 34.3. The molecule has 0 bridgehead atoms. The van der Waals surface area contributed by atoms with E-state index in [4.69, 9.17) is 28.9 Å². The summed E-state index contributed by atoms with van der Waals surface area (Å²) in [5, 5.41) is 45.9. The highest BCUT2D eigenvalue weighted by molar-refractivity contribution is 6.76. The first kappa shape index (κ1) is 76.0. The Hall–Kier alpha value is -9.23. The maximum atomic E-state index is 12.4. The number of rotatable bonds is 22. The van der Waals surface area contributed by atoms with E-state index in [1.165, 1.54) is 12.1 Å². The van der Waals surface area contributed by atoms with E-state index in [0.29, 0.717) is 52.8 Å². The van der Waals surface area contributed by atoms with Crippen LogP contribution in [0.4, 0.5) is 9.59 Å². The van der Waals surface area contributed by atoms with Crippen LogP contribution in [0, 0.1) is 34.0 Å². The summed E-state index contributed by atoms with van der Waals surface area (Å²) in [7, 11) is -3.28. The lowest BCUT2D eigenvalue weighted by molar-refractivity contribution is -0.0314. The molecule has 1 aliphatic carbocycles. The van der Waals surface area contributed by atoms with E-state index in [1.807, 2.05) is 128 Å². The first-order valence-corrected chi connectivity index (χ1v) is 45.4. The first-order chi connectivity index (χ1) is 47.8. The van der Waals surface area contributed by atoms with Crippen molar-refractivity contribution in [2.75, 3.05) is 46.0 Å². The number of fused-ring (bicyclic) bond motifs is 3. The Kier molecular flexibility index (Phi) is 24.2. The second kappa shape index (κ2) is 32.2. The molecule has 11 heterocycles. The summed E-state index contributed by atoms with van der Waals surface area (Å²) in [6.45, 7) is 37.6. The quantitative estimate of drug-likeness (QED) is 0.0374. The van der Waals surface area contributed by atoms with E-state index < -0.39 is 41.0 Å². The van der Waals surface area contributed by atoms with Gasteiger partial charge in [0.05, 0.1) is 85.4 Å². The van der Waals surface area contributed by atoms with Gasteiger partial charge < -0.3 is 47.2 Å². The van der Waals surface area contributed by atoms with Crippen LogP contribution >= 0.6 is 0 Å². The SMILES string of the molecule is CC(C)(C)OC(=O)N1CC(=CC#N)C1.CC(C)(C)OC(=O)N1CC(CC#N)(n2cc(-c3ncnc4c3ccn4COCC[Si](C)(C)C)cn2)C1.C[Si](C)(C)CCOCn1ccc2c(-c3cn[nH]c3)ncnc21.C[Si](C)(C)CCOCn1ccc2c(-c3cnn(C4(CC#N)CCC4)c3)ncnc21. The van der Waals surface area contributed by atoms with Gasteiger partial charge in [-0.05, 0) is 103 Å². The largest absolute Gasteiger partial charge is 0.444 e. The number of nitrogens with one attached hydrogen (secondary N) is 1. The topological polar surface area (TPSA) is 315 Å². The lowest BCUT2D eigenvalue weighted by Gasteiger charge is -2.48. The molecule has 2 aliphatic heterocycles. The fourth-order valence-corrected chi connectivity index (χ4v) is 13.6. The number of amides is 2. The molecule has 0 atom stereocenters. The van der Waals surface area contributed by atoms with Gasteiger partial charge in [-0.2, -0.15) is 31.1 Å². The number of aromatic amines is 1. The lowest BCUT2D eigenvalue weighted by Crippen LogP contribution is -2.64. The van der Waals surface area contributed by atoms with Crippen molar-refractivity contribution < 1.29 is 33.3 Å². The second-order valence-electron chi connectivity index (χ2n) is 31.7. The van der Waals surface area contributed by atoms with Crippen molar-refractivity contribution in [2.24, 2.45) is 0 Å². The third-order valence-corrected chi connectivity index (χ3v) is 22.3. The van der Waals surface area contributed by atoms with Crippen LogP contribution in [0.3, 0.4) is 0 Å². The number of likely N-dealkylation sites (tertiary alicyclic amines) is 2. The Labute approximate surface area is 594 Å². The average Bonchev–Trinajstić information content (AvgIpc) is 1.70. The maximum absolute atomic E-state index is 12.4. The van der Waals surface area contributed by atoms with Gasteiger partial charge >= 0.3 is 12.2 Å². The molecular weight excluding hydrogens is 1330 g/mol. The van der Waals surface area contributed by atoms with Crippen molar-refractivity contribution >= 4 is 69.5 Å². The predicted octanol–water partition coefficient (Wildman–Crippen LogP) is 13.7. The summed E-state index contributed by atoms with van der Waals surface area (Å²) < 4.78 is 38.0. The number of carbonyl (C=O) groups is 2. The summed E-state index contributed by atoms with van der Waals surface area (Å²) in [6.07, 6.45) is 26.5. The number of aromatic nitrogens is 15. The van der Waals surface area contributed by atoms with Gasteiger partial charge in [-0.1, -0.05) is 58.9 Å². The smallest absolute Gasteiger partial charge is 0.410 e. The molecule has 9 aromatic rings. The van der Waals surface area contributed by atoms with Gasteiger partial charge in [0.1, 0.15) is 72.9 Å². The number of carbonyl (C=O) groups excluding carboxylic acids is 2. The molecule has 2 amide bonds. The van der Waals surface area contributed by atoms with Crippen molar-refractivity contribution in [1.29, 1.82) is 15.8 Å². The van der Waals surface area contributed by atoms with Crippen molar-refractivity contribution in [1.82, 2.24) is 83.2 Å². The molecule has 30 heteroatoms. The third kappa shape index (κ3) is 20.3. The number of nitrogens with zero attached hydrogens (tertiary/aromatic N) is 19. The van der Waals surface area contributed by atoms with Crippen molar-refractivity contribution in [3.05, 3.63) is 105 Å². The normalized spacial score (nSPS) is 14.9. The highest BCUT2D eigenvalue weighted by Crippen LogP contribution is 2.43. The van der Waals surface area contributed by atoms with E-state index in [1.54, 1.807) is 45.9 Å². The van der Waals surface area contributed by atoms with Crippen LogP contribution in [0.15, 0.2) is 105 Å². The van der Waals surface area contributed by atoms with Gasteiger partial charge in [0.2, 0.25) is 0 Å². The van der Waals surface area contributed by atoms with Gasteiger partial charge in [-0.25, -0.2) is 39.5 Å². The molecule has 1 saturated carbocycles. The summed E-state index contributed by atoms with van der Waals surface area (Å²) in [4.78, 5) is 53.8. The van der Waals surface area contributed by atoms with Gasteiger partial charge in [0, 0.05) is 133 Å². The van der Waals surface area contributed by atoms with Crippen LogP contribution < -0.4 is 0 Å². The number of nitriles is 3. The Morgan fingerprint density at radius 3 is 1.31 bits per heavy atom. The standard InChI is InChI=1S/C25H35N7O3Si.C21H28N6OSi.C15H21N5OSi.C10H14N2O2/c1-24(2,3)35-23(33)31-15-25(16-31,8-9-26)32-14-19(13-29-32)21-20-7-10-30(22(20)28-17-27-21)18-34-11-12-36(4,5)6;1-29(2,3)12-11-28-16-26-10-5-18-19(23-15-24-20(18)26)17-13-25-27(14-17)21(8-9-22)6-4-7-21;1-22(2,3)7-6-21-11-20-5-4-13-14(12-8-18-19-9-12)16-10-17-15(13)20;1-10(2,3)14-9(13)12-6-8(7-12)4-5-11/h7,10,13-14,17H,8,11-12,15-16,18H2,1-6H3;5,10,13-15H,4,6-8,11-12,16H2,1-3H3;4-5,8-10H,6-7,11H2,1-3H3,(H,18,19);4H,6-7H2,1-3H3. The molecule has 1 N–H and O–H groups in total. The van der Waals surface area contributed by atoms with Crippen molar-refractivity contribution in [3.63, 3.8) is 0 Å². The maximum Gasteiger partial charge on any atom is 0.410 e. The van der Waals surface area contributed by atoms with Gasteiger partial charge in [-0.15, -0.1) is 0 Å². The molecule has 0 unspecified atom stereocenters. The lowest BCUT2D eigenvalue weighted by atomic mass is 9.75. The van der Waals surface area contributed by atoms with Crippen LogP contribution in [0.25, 0.3) is 66.9 Å². The molecule has 0 aromatic carbocycles. The van der Waals surface area contributed by atoms with E-state index >= 15 is 0 Å². The van der Waals surface area contributed by atoms with E-state index in [-0.39, 0.29) is 24.1 Å². The molecule has 2 saturated heterocycles. The van der Waals surface area contributed by atoms with Crippen LogP contribution in [0.1, 0.15) is 73.6 Å². The number of allylic oxidation sites excluding steroid dienone is 1. The van der Waals surface area contributed by atoms with Crippen molar-refractivity contribution in [2.45, 2.75) is 193 Å². The molecule has 0 spiro atoms. The fourth-order valence-electron chi connectivity index (χ4n) is 11.3. The number of H-pyrrole nitrogens is 1. The molecule has 536 valence electrons. The predicted molar refractivity (Wildman–Crippen MR) is 394 cm³/mol. The summed E-state index contributed by atoms with van der Waals surface area (Å²) in [5.41, 5.74) is 7.04. The van der Waals surface area contributed by atoms with Gasteiger partial charge in [0.15, 0.2) is 0 Å². The molecule has 0 radical (unpaired) electrons. The molecular formula is C71H98N20O7Si3. The highest BCUT2D eigenvalue weighted by Gasteiger charge is 2.49. The summed E-state index contributed by atoms with van der Waals surface area (Å²) in [5.74, 6) is 0. The molecule has 27 nitrogen and oxygen atoms in total. The number of ether oxygens (including phenoxy) is 5. The zero-order valence-electron chi connectivity index (χ0n) is 61.3. The zero-order chi connectivity index (χ0) is 73.0. The van der Waals surface area contributed by atoms with Crippen LogP contribution in [-0.4, -0.2) is 177 Å². The summed E-state index contributed by atoms with van der Waals surface area (Å²) >= 11 is 0. The average molecular weight is 1430 g/mol. The Bertz CT molecular complexity index is 4420. The molecule has 12 rings (SSSR count). The minimum absolute atomic E-state index is 0.144. The Balaban J connectivity index is 0.000000164. The van der Waals surface area contributed by atoms with Crippen LogP contribution in [-0.2, 0) is 55.0 Å². The number of hydrogen-bond donors (Lipinski definition) is 1. The summed E-state index contributed by atoms with van der Waals surface area (Å²) in [6, 6.07) is 16.0. The fraction of sp³-hybridized carbons (Fsp3) is 0.521. The molecule has 3 aliphatic rings. The van der Waals surface area contributed by atoms with E-state index in [0.717, 1.165) is 124 Å².